The summed E-state index contributed by atoms with van der Waals surface area (Å²) in [5.41, 5.74) is -0.846. The Hall–Kier alpha value is -3.06. The van der Waals surface area contributed by atoms with E-state index in [1.54, 1.807) is 0 Å². The summed E-state index contributed by atoms with van der Waals surface area (Å²) in [7, 11) is 2.56. The number of aromatic nitrogens is 1. The van der Waals surface area contributed by atoms with Crippen LogP contribution in [0.2, 0.25) is 5.02 Å². The molecule has 0 unspecified atom stereocenters. The van der Waals surface area contributed by atoms with Crippen molar-refractivity contribution in [2.75, 3.05) is 7.11 Å². The Bertz CT molecular complexity index is 1070. The lowest BCUT2D eigenvalue weighted by atomic mass is 10.1. The zero-order valence-corrected chi connectivity index (χ0v) is 14.5. The van der Waals surface area contributed by atoms with Gasteiger partial charge in [0, 0.05) is 29.6 Å². The maximum Gasteiger partial charge on any atom is 0.347 e. The zero-order chi connectivity index (χ0) is 19.0. The summed E-state index contributed by atoms with van der Waals surface area (Å²) in [6.45, 7) is 0. The van der Waals surface area contributed by atoms with Crippen LogP contribution in [-0.2, 0) is 11.8 Å². The van der Waals surface area contributed by atoms with E-state index >= 15 is 0 Å². The monoisotopic (exact) mass is 377 g/mol. The maximum atomic E-state index is 13.4. The number of aromatic hydroxyl groups is 1. The topological polar surface area (TPSA) is 77.8 Å². The van der Waals surface area contributed by atoms with E-state index in [4.69, 9.17) is 16.3 Å². The molecule has 1 N–H and O–H groups in total. The Morgan fingerprint density at radius 3 is 2.58 bits per heavy atom. The van der Waals surface area contributed by atoms with Gasteiger partial charge in [-0.1, -0.05) is 11.6 Å². The number of esters is 1. The predicted octanol–water partition coefficient (Wildman–Crippen LogP) is 3.62. The van der Waals surface area contributed by atoms with Gasteiger partial charge in [0.25, 0.3) is 5.56 Å². The number of halogens is 2. The molecule has 1 heterocycles. The molecule has 0 atom stereocenters. The first kappa shape index (κ1) is 17.8. The molecule has 134 valence electrons. The summed E-state index contributed by atoms with van der Waals surface area (Å²) in [5.74, 6) is -1.50. The van der Waals surface area contributed by atoms with Gasteiger partial charge in [-0.05, 0) is 24.3 Å². The molecule has 0 aliphatic heterocycles. The predicted molar refractivity (Wildman–Crippen MR) is 93.7 cm³/mol. The molecule has 0 bridgehead atoms. The third-order valence-corrected chi connectivity index (χ3v) is 4.02. The van der Waals surface area contributed by atoms with Crippen molar-refractivity contribution in [3.8, 4) is 17.2 Å². The number of rotatable bonds is 3. The molecule has 0 fully saturated rings. The normalized spacial score (nSPS) is 10.8. The zero-order valence-electron chi connectivity index (χ0n) is 13.7. The molecule has 3 rings (SSSR count). The summed E-state index contributed by atoms with van der Waals surface area (Å²) in [4.78, 5) is 24.1. The van der Waals surface area contributed by atoms with Crippen LogP contribution in [0.25, 0.3) is 10.9 Å². The lowest BCUT2D eigenvalue weighted by Gasteiger charge is -2.12. The summed E-state index contributed by atoms with van der Waals surface area (Å²) in [6.07, 6.45) is 0. The summed E-state index contributed by atoms with van der Waals surface area (Å²) in [6, 6.07) is 8.21. The van der Waals surface area contributed by atoms with Crippen molar-refractivity contribution in [2.45, 2.75) is 0 Å². The van der Waals surface area contributed by atoms with Gasteiger partial charge in [-0.2, -0.15) is 0 Å². The van der Waals surface area contributed by atoms with E-state index < -0.39 is 28.7 Å². The number of methoxy groups -OCH3 is 1. The molecular weight excluding hydrogens is 365 g/mol. The summed E-state index contributed by atoms with van der Waals surface area (Å²) < 4.78 is 24.7. The molecule has 6 nitrogen and oxygen atoms in total. The fourth-order valence-corrected chi connectivity index (χ4v) is 2.79. The maximum absolute atomic E-state index is 13.4. The van der Waals surface area contributed by atoms with Crippen LogP contribution in [-0.4, -0.2) is 22.8 Å². The minimum absolute atomic E-state index is 0.175. The lowest BCUT2D eigenvalue weighted by Crippen LogP contribution is -2.25. The van der Waals surface area contributed by atoms with E-state index in [2.05, 4.69) is 4.74 Å². The lowest BCUT2D eigenvalue weighted by molar-refractivity contribution is 0.0595. The number of carbonyl (C=O) groups is 1. The molecule has 3 aromatic rings. The number of fused-ring (bicyclic) bond motifs is 1. The fraction of sp³-hybridized carbons (Fsp3) is 0.111. The Morgan fingerprint density at radius 2 is 1.92 bits per heavy atom. The van der Waals surface area contributed by atoms with Gasteiger partial charge < -0.3 is 19.1 Å². The van der Waals surface area contributed by atoms with E-state index in [1.165, 1.54) is 35.9 Å². The Morgan fingerprint density at radius 1 is 1.19 bits per heavy atom. The van der Waals surface area contributed by atoms with E-state index in [-0.39, 0.29) is 16.2 Å². The highest BCUT2D eigenvalue weighted by molar-refractivity contribution is 6.30. The molecule has 0 aliphatic rings. The number of hydrogen-bond donors (Lipinski definition) is 1. The Kier molecular flexibility index (Phi) is 4.56. The third kappa shape index (κ3) is 3.09. The van der Waals surface area contributed by atoms with Gasteiger partial charge in [-0.3, -0.25) is 4.79 Å². The second-order valence-electron chi connectivity index (χ2n) is 5.47. The van der Waals surface area contributed by atoms with Crippen molar-refractivity contribution in [2.24, 2.45) is 7.05 Å². The third-order valence-electron chi connectivity index (χ3n) is 3.80. The summed E-state index contributed by atoms with van der Waals surface area (Å²) in [5, 5.41) is 10.7. The van der Waals surface area contributed by atoms with E-state index in [0.717, 1.165) is 19.2 Å². The second-order valence-corrected chi connectivity index (χ2v) is 5.90. The Labute approximate surface area is 152 Å². The largest absolute Gasteiger partial charge is 0.506 e. The first-order valence-corrected chi connectivity index (χ1v) is 7.77. The highest BCUT2D eigenvalue weighted by Crippen LogP contribution is 2.32. The van der Waals surface area contributed by atoms with Gasteiger partial charge in [-0.15, -0.1) is 0 Å². The van der Waals surface area contributed by atoms with Gasteiger partial charge in [0.15, 0.2) is 5.56 Å². The smallest absolute Gasteiger partial charge is 0.347 e. The van der Waals surface area contributed by atoms with Crippen molar-refractivity contribution in [3.63, 3.8) is 0 Å². The minimum atomic E-state index is -0.931. The molecule has 8 heteroatoms. The number of nitrogens with zero attached hydrogens (tertiary/aromatic N) is 1. The molecule has 1 aromatic heterocycles. The molecule has 0 radical (unpaired) electrons. The standard InChI is InChI=1S/C18H13ClFNO5/c1-21-14-8-11(26-12-6-9(19)5-10(20)7-12)3-4-13(14)16(22)15(17(21)23)18(24)25-2/h3-8,22H,1-2H3. The number of benzene rings is 2. The molecule has 26 heavy (non-hydrogen) atoms. The van der Waals surface area contributed by atoms with Gasteiger partial charge in [0.2, 0.25) is 0 Å². The van der Waals surface area contributed by atoms with Crippen molar-refractivity contribution >= 4 is 28.5 Å². The van der Waals surface area contributed by atoms with Crippen molar-refractivity contribution in [1.82, 2.24) is 4.57 Å². The number of hydrogen-bond acceptors (Lipinski definition) is 5. The van der Waals surface area contributed by atoms with E-state index in [1.807, 2.05) is 0 Å². The van der Waals surface area contributed by atoms with Gasteiger partial charge >= 0.3 is 5.97 Å². The van der Waals surface area contributed by atoms with Crippen molar-refractivity contribution in [1.29, 1.82) is 0 Å². The van der Waals surface area contributed by atoms with E-state index in [9.17, 15) is 19.1 Å². The molecule has 2 aromatic carbocycles. The molecule has 0 saturated carbocycles. The minimum Gasteiger partial charge on any atom is -0.506 e. The van der Waals surface area contributed by atoms with E-state index in [0.29, 0.717) is 11.3 Å². The van der Waals surface area contributed by atoms with Crippen LogP contribution in [0.1, 0.15) is 10.4 Å². The van der Waals surface area contributed by atoms with Crippen LogP contribution in [0.3, 0.4) is 0 Å². The van der Waals surface area contributed by atoms with Gasteiger partial charge in [0.05, 0.1) is 12.6 Å². The number of ether oxygens (including phenoxy) is 2. The van der Waals surface area contributed by atoms with Crippen LogP contribution >= 0.6 is 11.6 Å². The van der Waals surface area contributed by atoms with Crippen molar-refractivity contribution < 1.29 is 23.8 Å². The van der Waals surface area contributed by atoms with Crippen LogP contribution in [0.15, 0.2) is 41.2 Å². The van der Waals surface area contributed by atoms with Gasteiger partial charge in [0.1, 0.15) is 23.1 Å². The summed E-state index contributed by atoms with van der Waals surface area (Å²) >= 11 is 5.80. The van der Waals surface area contributed by atoms with Crippen LogP contribution in [0.5, 0.6) is 17.2 Å². The number of pyridine rings is 1. The Balaban J connectivity index is 2.13. The number of aryl methyl sites for hydroxylation is 1. The van der Waals surface area contributed by atoms with Crippen molar-refractivity contribution in [3.05, 3.63) is 63.2 Å². The average molecular weight is 378 g/mol. The van der Waals surface area contributed by atoms with Crippen LogP contribution < -0.4 is 10.3 Å². The quantitative estimate of drug-likeness (QED) is 0.705. The fourth-order valence-electron chi connectivity index (χ4n) is 2.58. The number of carbonyl (C=O) groups excluding carboxylic acids is 1. The van der Waals surface area contributed by atoms with Crippen LogP contribution in [0.4, 0.5) is 4.39 Å². The first-order valence-electron chi connectivity index (χ1n) is 7.39. The van der Waals surface area contributed by atoms with Crippen LogP contribution in [0, 0.1) is 5.82 Å². The highest BCUT2D eigenvalue weighted by atomic mass is 35.5. The molecule has 0 aliphatic carbocycles. The molecule has 0 amide bonds. The molecule has 0 spiro atoms. The van der Waals surface area contributed by atoms with Gasteiger partial charge in [-0.25, -0.2) is 9.18 Å². The second kappa shape index (κ2) is 6.68. The molecular formula is C18H13ClFNO5. The molecule has 0 saturated heterocycles. The highest BCUT2D eigenvalue weighted by Gasteiger charge is 2.22. The average Bonchev–Trinajstić information content (AvgIpc) is 2.58. The first-order chi connectivity index (χ1) is 12.3. The SMILES string of the molecule is COC(=O)c1c(O)c2ccc(Oc3cc(F)cc(Cl)c3)cc2n(C)c1=O.